The van der Waals surface area contributed by atoms with Gasteiger partial charge in [0.2, 0.25) is 0 Å². The Morgan fingerprint density at radius 2 is 2.17 bits per heavy atom. The number of alkyl halides is 2. The summed E-state index contributed by atoms with van der Waals surface area (Å²) in [7, 11) is 0. The number of ether oxygens (including phenoxy) is 1. The Morgan fingerprint density at radius 1 is 1.41 bits per heavy atom. The fourth-order valence-corrected chi connectivity index (χ4v) is 4.16. The largest absolute Gasteiger partial charge is 0.512 e. The fourth-order valence-electron chi connectivity index (χ4n) is 3.27. The average Bonchev–Trinajstić information content (AvgIpc) is 3.16. The standard InChI is InChI=1S/C20H27F2NO5S/c1-2-3-4-6-15(24)9-8-14-13-20(21,22)18(25)23(14)12-5-7-16-10-11-17(29-16)28-19(26)27/h8-11,14-15,24H,2-7,12-13H2,1H3,(H,26,27)/b9-8+/t14-,15-/m0/s1. The number of amides is 1. The first-order valence-corrected chi connectivity index (χ1v) is 10.6. The molecular weight excluding hydrogens is 404 g/mol. The maximum absolute atomic E-state index is 13.9. The Labute approximate surface area is 172 Å². The Bertz CT molecular complexity index is 721. The van der Waals surface area contributed by atoms with Gasteiger partial charge >= 0.3 is 12.1 Å². The third-order valence-corrected chi connectivity index (χ3v) is 5.77. The highest BCUT2D eigenvalue weighted by molar-refractivity contribution is 7.13. The molecule has 2 rings (SSSR count). The predicted molar refractivity (Wildman–Crippen MR) is 106 cm³/mol. The molecule has 1 aromatic rings. The number of likely N-dealkylation sites (tertiary alicyclic amines) is 1. The van der Waals surface area contributed by atoms with Crippen molar-refractivity contribution in [2.75, 3.05) is 6.54 Å². The van der Waals surface area contributed by atoms with Gasteiger partial charge in [0.15, 0.2) is 5.06 Å². The molecule has 2 heterocycles. The first-order valence-electron chi connectivity index (χ1n) is 9.77. The molecule has 0 unspecified atom stereocenters. The quantitative estimate of drug-likeness (QED) is 0.307. The van der Waals surface area contributed by atoms with Crippen molar-refractivity contribution in [3.63, 3.8) is 0 Å². The number of nitrogens with zero attached hydrogens (tertiary/aromatic N) is 1. The predicted octanol–water partition coefficient (Wildman–Crippen LogP) is 4.47. The summed E-state index contributed by atoms with van der Waals surface area (Å²) in [5.74, 6) is -4.58. The molecule has 1 fully saturated rings. The van der Waals surface area contributed by atoms with Crippen LogP contribution in [-0.2, 0) is 11.2 Å². The Balaban J connectivity index is 1.90. The van der Waals surface area contributed by atoms with Gasteiger partial charge in [-0.15, -0.1) is 11.3 Å². The summed E-state index contributed by atoms with van der Waals surface area (Å²) >= 11 is 1.17. The zero-order chi connectivity index (χ0) is 21.4. The lowest BCUT2D eigenvalue weighted by atomic mass is 10.1. The molecule has 162 valence electrons. The molecule has 1 aliphatic heterocycles. The SMILES string of the molecule is CCCCC[C@H](O)/C=C/[C@H]1CC(F)(F)C(=O)N1CCCc1ccc(OC(=O)O)s1. The number of carboxylic acid groups (broad SMARTS) is 1. The van der Waals surface area contributed by atoms with E-state index in [2.05, 4.69) is 11.7 Å². The molecule has 0 bridgehead atoms. The molecule has 0 radical (unpaired) electrons. The van der Waals surface area contributed by atoms with E-state index in [1.165, 1.54) is 29.6 Å². The number of hydrogen-bond donors (Lipinski definition) is 2. The number of carbonyl (C=O) groups is 2. The summed E-state index contributed by atoms with van der Waals surface area (Å²) in [6.07, 6.45) is 4.77. The van der Waals surface area contributed by atoms with Crippen LogP contribution < -0.4 is 4.74 Å². The second-order valence-corrected chi connectivity index (χ2v) is 8.25. The molecule has 9 heteroatoms. The molecule has 0 spiro atoms. The Hall–Kier alpha value is -2.00. The van der Waals surface area contributed by atoms with Crippen LogP contribution in [0.3, 0.4) is 0 Å². The lowest BCUT2D eigenvalue weighted by Gasteiger charge is -2.21. The van der Waals surface area contributed by atoms with Crippen LogP contribution in [0.2, 0.25) is 0 Å². The third kappa shape index (κ3) is 7.08. The summed E-state index contributed by atoms with van der Waals surface area (Å²) < 4.78 is 32.4. The van der Waals surface area contributed by atoms with E-state index >= 15 is 0 Å². The number of aliphatic hydroxyl groups excluding tert-OH is 1. The van der Waals surface area contributed by atoms with Crippen LogP contribution in [0, 0.1) is 0 Å². The molecule has 29 heavy (non-hydrogen) atoms. The zero-order valence-corrected chi connectivity index (χ0v) is 17.2. The highest BCUT2D eigenvalue weighted by Gasteiger charge is 2.52. The number of aliphatic hydroxyl groups is 1. The van der Waals surface area contributed by atoms with Crippen LogP contribution in [-0.4, -0.2) is 51.8 Å². The third-order valence-electron chi connectivity index (χ3n) is 4.75. The van der Waals surface area contributed by atoms with Gasteiger partial charge in [0, 0.05) is 17.8 Å². The molecule has 1 amide bonds. The molecular formula is C20H27F2NO5S. The molecule has 2 N–H and O–H groups in total. The molecule has 1 aliphatic rings. The van der Waals surface area contributed by atoms with Gasteiger partial charge in [-0.25, -0.2) is 4.79 Å². The Kier molecular flexibility index (Phi) is 8.58. The molecule has 1 saturated heterocycles. The van der Waals surface area contributed by atoms with Crippen LogP contribution in [0.25, 0.3) is 0 Å². The summed E-state index contributed by atoms with van der Waals surface area (Å²) in [5.41, 5.74) is 0. The average molecular weight is 432 g/mol. The number of rotatable bonds is 11. The van der Waals surface area contributed by atoms with Crippen molar-refractivity contribution in [1.29, 1.82) is 0 Å². The lowest BCUT2D eigenvalue weighted by Crippen LogP contribution is -2.36. The minimum atomic E-state index is -3.40. The molecule has 6 nitrogen and oxygen atoms in total. The molecule has 0 saturated carbocycles. The van der Waals surface area contributed by atoms with E-state index < -0.39 is 36.6 Å². The maximum atomic E-state index is 13.9. The van der Waals surface area contributed by atoms with Crippen LogP contribution in [0.4, 0.5) is 13.6 Å². The van der Waals surface area contributed by atoms with Crippen LogP contribution >= 0.6 is 11.3 Å². The van der Waals surface area contributed by atoms with Crippen molar-refractivity contribution in [2.24, 2.45) is 0 Å². The lowest BCUT2D eigenvalue weighted by molar-refractivity contribution is -0.148. The minimum absolute atomic E-state index is 0.155. The summed E-state index contributed by atoms with van der Waals surface area (Å²) in [6, 6.07) is 2.51. The molecule has 0 aliphatic carbocycles. The van der Waals surface area contributed by atoms with Crippen molar-refractivity contribution >= 4 is 23.4 Å². The number of unbranched alkanes of at least 4 members (excludes halogenated alkanes) is 2. The first kappa shape index (κ1) is 23.3. The van der Waals surface area contributed by atoms with Gasteiger partial charge in [-0.05, 0) is 31.4 Å². The highest BCUT2D eigenvalue weighted by atomic mass is 32.1. The van der Waals surface area contributed by atoms with Gasteiger partial charge < -0.3 is 19.8 Å². The topological polar surface area (TPSA) is 87.1 Å². The molecule has 2 atom stereocenters. The molecule has 0 aromatic carbocycles. The van der Waals surface area contributed by atoms with Gasteiger partial charge in [-0.3, -0.25) is 4.79 Å². The van der Waals surface area contributed by atoms with Gasteiger partial charge in [0.25, 0.3) is 5.91 Å². The smallest absolute Gasteiger partial charge is 0.449 e. The zero-order valence-electron chi connectivity index (χ0n) is 16.4. The van der Waals surface area contributed by atoms with E-state index in [1.54, 1.807) is 6.07 Å². The number of aryl methyl sites for hydroxylation is 1. The van der Waals surface area contributed by atoms with E-state index in [4.69, 9.17) is 5.11 Å². The summed E-state index contributed by atoms with van der Waals surface area (Å²) in [4.78, 5) is 24.6. The second kappa shape index (κ2) is 10.7. The van der Waals surface area contributed by atoms with Gasteiger partial charge in [0.1, 0.15) is 0 Å². The normalized spacial score (nSPS) is 19.8. The maximum Gasteiger partial charge on any atom is 0.512 e. The van der Waals surface area contributed by atoms with E-state index in [-0.39, 0.29) is 11.6 Å². The van der Waals surface area contributed by atoms with E-state index in [0.29, 0.717) is 19.3 Å². The monoisotopic (exact) mass is 431 g/mol. The van der Waals surface area contributed by atoms with Crippen molar-refractivity contribution in [1.82, 2.24) is 4.90 Å². The fraction of sp³-hybridized carbons (Fsp3) is 0.600. The van der Waals surface area contributed by atoms with Crippen molar-refractivity contribution in [3.05, 3.63) is 29.2 Å². The molecule has 1 aromatic heterocycles. The van der Waals surface area contributed by atoms with E-state index in [9.17, 15) is 23.5 Å². The van der Waals surface area contributed by atoms with Gasteiger partial charge in [-0.2, -0.15) is 8.78 Å². The second-order valence-electron chi connectivity index (χ2n) is 7.11. The number of hydrogen-bond acceptors (Lipinski definition) is 5. The number of thiophene rings is 1. The van der Waals surface area contributed by atoms with Crippen LogP contribution in [0.1, 0.15) is 50.3 Å². The van der Waals surface area contributed by atoms with Gasteiger partial charge in [0.05, 0.1) is 12.1 Å². The first-order chi connectivity index (χ1) is 13.7. The van der Waals surface area contributed by atoms with Crippen molar-refractivity contribution in [3.8, 4) is 5.06 Å². The minimum Gasteiger partial charge on any atom is -0.449 e. The Morgan fingerprint density at radius 3 is 2.86 bits per heavy atom. The van der Waals surface area contributed by atoms with Crippen molar-refractivity contribution in [2.45, 2.75) is 69.9 Å². The number of carbonyl (C=O) groups excluding carboxylic acids is 1. The highest BCUT2D eigenvalue weighted by Crippen LogP contribution is 2.34. The summed E-state index contributed by atoms with van der Waals surface area (Å²) in [6.45, 7) is 2.21. The van der Waals surface area contributed by atoms with Crippen LogP contribution in [0.5, 0.6) is 5.06 Å². The van der Waals surface area contributed by atoms with Crippen LogP contribution in [0.15, 0.2) is 24.3 Å². The van der Waals surface area contributed by atoms with Crippen molar-refractivity contribution < 1.29 is 33.3 Å². The number of halogens is 2. The summed E-state index contributed by atoms with van der Waals surface area (Å²) in [5, 5.41) is 18.8. The van der Waals surface area contributed by atoms with E-state index in [0.717, 1.165) is 29.0 Å². The van der Waals surface area contributed by atoms with Gasteiger partial charge in [-0.1, -0.05) is 38.3 Å². The van der Waals surface area contributed by atoms with E-state index in [1.807, 2.05) is 0 Å².